The summed E-state index contributed by atoms with van der Waals surface area (Å²) in [5.41, 5.74) is 2.18. The molecule has 4 heteroatoms. The van der Waals surface area contributed by atoms with E-state index in [1.165, 1.54) is 0 Å². The SMILES string of the molecule is CCNc1ccnc(CN(C)Cc2ccco2)c1. The van der Waals surface area contributed by atoms with E-state index in [2.05, 4.69) is 35.2 Å². The van der Waals surface area contributed by atoms with Gasteiger partial charge in [0.15, 0.2) is 0 Å². The molecule has 1 N–H and O–H groups in total. The van der Waals surface area contributed by atoms with Gasteiger partial charge in [-0.1, -0.05) is 0 Å². The van der Waals surface area contributed by atoms with E-state index >= 15 is 0 Å². The van der Waals surface area contributed by atoms with Crippen LogP contribution in [0, 0.1) is 0 Å². The molecule has 0 aliphatic carbocycles. The molecule has 0 bridgehead atoms. The molecule has 0 aromatic carbocycles. The second kappa shape index (κ2) is 6.21. The first kappa shape index (κ1) is 12.6. The minimum Gasteiger partial charge on any atom is -0.468 e. The second-order valence-electron chi connectivity index (χ2n) is 4.32. The quantitative estimate of drug-likeness (QED) is 0.849. The predicted octanol–water partition coefficient (Wildman–Crippen LogP) is 2.74. The fourth-order valence-electron chi connectivity index (χ4n) is 1.88. The number of pyridine rings is 1. The molecule has 0 aliphatic rings. The molecule has 18 heavy (non-hydrogen) atoms. The zero-order valence-corrected chi connectivity index (χ0v) is 10.9. The molecule has 4 nitrogen and oxygen atoms in total. The molecule has 2 rings (SSSR count). The maximum absolute atomic E-state index is 5.33. The third-order valence-corrected chi connectivity index (χ3v) is 2.64. The highest BCUT2D eigenvalue weighted by Gasteiger charge is 2.05. The van der Waals surface area contributed by atoms with Crippen LogP contribution < -0.4 is 5.32 Å². The van der Waals surface area contributed by atoms with Crippen LogP contribution in [0.3, 0.4) is 0 Å². The number of hydrogen-bond acceptors (Lipinski definition) is 4. The van der Waals surface area contributed by atoms with Gasteiger partial charge < -0.3 is 9.73 Å². The third kappa shape index (κ3) is 3.60. The lowest BCUT2D eigenvalue weighted by Gasteiger charge is -2.15. The van der Waals surface area contributed by atoms with Gasteiger partial charge >= 0.3 is 0 Å². The maximum atomic E-state index is 5.33. The number of aromatic nitrogens is 1. The van der Waals surface area contributed by atoms with Gasteiger partial charge in [0.2, 0.25) is 0 Å². The smallest absolute Gasteiger partial charge is 0.117 e. The predicted molar refractivity (Wildman–Crippen MR) is 72.3 cm³/mol. The third-order valence-electron chi connectivity index (χ3n) is 2.64. The van der Waals surface area contributed by atoms with Gasteiger partial charge in [-0.2, -0.15) is 0 Å². The van der Waals surface area contributed by atoms with Gasteiger partial charge in [0.25, 0.3) is 0 Å². The summed E-state index contributed by atoms with van der Waals surface area (Å²) in [5.74, 6) is 0.973. The Morgan fingerprint density at radius 1 is 1.33 bits per heavy atom. The normalized spacial score (nSPS) is 10.8. The first-order valence-electron chi connectivity index (χ1n) is 6.17. The van der Waals surface area contributed by atoms with Gasteiger partial charge in [-0.15, -0.1) is 0 Å². The van der Waals surface area contributed by atoms with E-state index in [0.717, 1.165) is 36.8 Å². The number of nitrogens with zero attached hydrogens (tertiary/aromatic N) is 2. The van der Waals surface area contributed by atoms with Crippen LogP contribution in [-0.4, -0.2) is 23.5 Å². The standard InChI is InChI=1S/C14H19N3O/c1-3-15-12-6-7-16-13(9-12)10-17(2)11-14-5-4-8-18-14/h4-9H,3,10-11H2,1-2H3,(H,15,16). The Bertz CT molecular complexity index is 468. The Labute approximate surface area is 108 Å². The highest BCUT2D eigenvalue weighted by atomic mass is 16.3. The molecule has 2 aromatic heterocycles. The van der Waals surface area contributed by atoms with Crippen molar-refractivity contribution in [3.05, 3.63) is 48.2 Å². The van der Waals surface area contributed by atoms with Gasteiger partial charge in [-0.05, 0) is 38.2 Å². The van der Waals surface area contributed by atoms with E-state index in [-0.39, 0.29) is 0 Å². The largest absolute Gasteiger partial charge is 0.468 e. The molecule has 0 aliphatic heterocycles. The minimum absolute atomic E-state index is 0.792. The topological polar surface area (TPSA) is 41.3 Å². The van der Waals surface area contributed by atoms with E-state index in [1.54, 1.807) is 6.26 Å². The number of rotatable bonds is 6. The monoisotopic (exact) mass is 245 g/mol. The summed E-state index contributed by atoms with van der Waals surface area (Å²) in [6, 6.07) is 7.97. The Balaban J connectivity index is 1.93. The molecule has 0 saturated carbocycles. The fraction of sp³-hybridized carbons (Fsp3) is 0.357. The number of hydrogen-bond donors (Lipinski definition) is 1. The van der Waals surface area contributed by atoms with Crippen LogP contribution in [0.5, 0.6) is 0 Å². The maximum Gasteiger partial charge on any atom is 0.117 e. The molecule has 0 saturated heterocycles. The summed E-state index contributed by atoms with van der Waals surface area (Å²) in [6.07, 6.45) is 3.54. The van der Waals surface area contributed by atoms with Gasteiger partial charge in [0.1, 0.15) is 5.76 Å². The highest BCUT2D eigenvalue weighted by Crippen LogP contribution is 2.11. The highest BCUT2D eigenvalue weighted by molar-refractivity contribution is 5.42. The van der Waals surface area contributed by atoms with Crippen molar-refractivity contribution in [3.8, 4) is 0 Å². The summed E-state index contributed by atoms with van der Waals surface area (Å²) < 4.78 is 5.33. The van der Waals surface area contributed by atoms with Crippen molar-refractivity contribution in [2.24, 2.45) is 0 Å². The van der Waals surface area contributed by atoms with Crippen LogP contribution in [0.15, 0.2) is 41.1 Å². The van der Waals surface area contributed by atoms with Crippen LogP contribution in [0.25, 0.3) is 0 Å². The Morgan fingerprint density at radius 3 is 2.94 bits per heavy atom. The molecule has 0 atom stereocenters. The van der Waals surface area contributed by atoms with Crippen LogP contribution in [0.4, 0.5) is 5.69 Å². The van der Waals surface area contributed by atoms with Crippen LogP contribution in [0.1, 0.15) is 18.4 Å². The van der Waals surface area contributed by atoms with Crippen LogP contribution >= 0.6 is 0 Å². The summed E-state index contributed by atoms with van der Waals surface area (Å²) in [5, 5.41) is 3.29. The average molecular weight is 245 g/mol. The van der Waals surface area contributed by atoms with E-state index in [9.17, 15) is 0 Å². The van der Waals surface area contributed by atoms with Crippen molar-refractivity contribution < 1.29 is 4.42 Å². The van der Waals surface area contributed by atoms with Gasteiger partial charge in [-0.25, -0.2) is 0 Å². The van der Waals surface area contributed by atoms with Gasteiger partial charge in [0.05, 0.1) is 18.5 Å². The lowest BCUT2D eigenvalue weighted by atomic mass is 10.3. The van der Waals surface area contributed by atoms with E-state index in [0.29, 0.717) is 0 Å². The average Bonchev–Trinajstić information content (AvgIpc) is 2.82. The van der Waals surface area contributed by atoms with Crippen molar-refractivity contribution in [1.29, 1.82) is 0 Å². The molecular formula is C14H19N3O. The van der Waals surface area contributed by atoms with Crippen LogP contribution in [0.2, 0.25) is 0 Å². The molecular weight excluding hydrogens is 226 g/mol. The first-order valence-corrected chi connectivity index (χ1v) is 6.17. The molecule has 96 valence electrons. The molecule has 0 spiro atoms. The second-order valence-corrected chi connectivity index (χ2v) is 4.32. The van der Waals surface area contributed by atoms with Gasteiger partial charge in [0, 0.05) is 25.0 Å². The van der Waals surface area contributed by atoms with Crippen molar-refractivity contribution in [1.82, 2.24) is 9.88 Å². The Morgan fingerprint density at radius 2 is 2.22 bits per heavy atom. The number of furan rings is 1. The zero-order chi connectivity index (χ0) is 12.8. The Hall–Kier alpha value is -1.81. The molecule has 0 unspecified atom stereocenters. The summed E-state index contributed by atoms with van der Waals surface area (Å²) >= 11 is 0. The molecule has 0 amide bonds. The van der Waals surface area contributed by atoms with Crippen molar-refractivity contribution in [3.63, 3.8) is 0 Å². The van der Waals surface area contributed by atoms with Crippen molar-refractivity contribution in [2.45, 2.75) is 20.0 Å². The van der Waals surface area contributed by atoms with Crippen molar-refractivity contribution in [2.75, 3.05) is 18.9 Å². The molecule has 0 fully saturated rings. The summed E-state index contributed by atoms with van der Waals surface area (Å²) in [6.45, 7) is 4.61. The number of nitrogens with one attached hydrogen (secondary N) is 1. The van der Waals surface area contributed by atoms with Gasteiger partial charge in [-0.3, -0.25) is 9.88 Å². The van der Waals surface area contributed by atoms with E-state index in [4.69, 9.17) is 4.42 Å². The first-order chi connectivity index (χ1) is 8.78. The zero-order valence-electron chi connectivity index (χ0n) is 10.9. The van der Waals surface area contributed by atoms with E-state index in [1.807, 2.05) is 24.4 Å². The number of anilines is 1. The molecule has 0 radical (unpaired) electrons. The molecule has 2 aromatic rings. The lowest BCUT2D eigenvalue weighted by Crippen LogP contribution is -2.17. The minimum atomic E-state index is 0.792. The van der Waals surface area contributed by atoms with Crippen molar-refractivity contribution >= 4 is 5.69 Å². The molecule has 2 heterocycles. The summed E-state index contributed by atoms with van der Waals surface area (Å²) in [7, 11) is 2.06. The van der Waals surface area contributed by atoms with E-state index < -0.39 is 0 Å². The lowest BCUT2D eigenvalue weighted by molar-refractivity contribution is 0.285. The summed E-state index contributed by atoms with van der Waals surface area (Å²) in [4.78, 5) is 6.56. The Kier molecular flexibility index (Phi) is 4.36. The fourth-order valence-corrected chi connectivity index (χ4v) is 1.88. The van der Waals surface area contributed by atoms with Crippen LogP contribution in [-0.2, 0) is 13.1 Å².